The van der Waals surface area contributed by atoms with Gasteiger partial charge >= 0.3 is 0 Å². The number of nitrogens with zero attached hydrogens (tertiary/aromatic N) is 1. The second-order valence-corrected chi connectivity index (χ2v) is 7.50. The summed E-state index contributed by atoms with van der Waals surface area (Å²) in [5.41, 5.74) is -0.519. The summed E-state index contributed by atoms with van der Waals surface area (Å²) in [5, 5.41) is 14.4. The molecule has 9 heteroatoms. The van der Waals surface area contributed by atoms with Crippen molar-refractivity contribution in [1.29, 1.82) is 0 Å². The molecule has 7 nitrogen and oxygen atoms in total. The highest BCUT2D eigenvalue weighted by atomic mass is 35.5. The van der Waals surface area contributed by atoms with Crippen molar-refractivity contribution in [3.8, 4) is 0 Å². The fourth-order valence-electron chi connectivity index (χ4n) is 2.57. The van der Waals surface area contributed by atoms with E-state index in [2.05, 4.69) is 10.0 Å². The Hall–Kier alpha value is -1.22. The first-order chi connectivity index (χ1) is 10.3. The highest BCUT2D eigenvalue weighted by molar-refractivity contribution is 7.89. The first kappa shape index (κ1) is 17.1. The summed E-state index contributed by atoms with van der Waals surface area (Å²) in [6.07, 6.45) is 1.90. The van der Waals surface area contributed by atoms with Crippen molar-refractivity contribution in [2.75, 3.05) is 13.1 Å². The SMILES string of the molecule is CC(NS(=O)(=O)c1ccc(Cl)cc1[N+](=O)[O-])C1CCCNC1. The highest BCUT2D eigenvalue weighted by Gasteiger charge is 2.30. The lowest BCUT2D eigenvalue weighted by Crippen LogP contribution is -2.44. The fraction of sp³-hybridized carbons (Fsp3) is 0.538. The number of piperidine rings is 1. The van der Waals surface area contributed by atoms with Crippen molar-refractivity contribution in [2.24, 2.45) is 5.92 Å². The standard InChI is InChI=1S/C13H18ClN3O4S/c1-9(10-3-2-6-15-8-10)16-22(20,21)13-5-4-11(14)7-12(13)17(18)19/h4-5,7,9-10,15-16H,2-3,6,8H2,1H3. The van der Waals surface area contributed by atoms with Gasteiger partial charge in [-0.15, -0.1) is 0 Å². The zero-order valence-electron chi connectivity index (χ0n) is 12.1. The number of benzene rings is 1. The average Bonchev–Trinajstić information content (AvgIpc) is 2.47. The molecule has 2 unspecified atom stereocenters. The molecule has 0 amide bonds. The van der Waals surface area contributed by atoms with Crippen LogP contribution in [0.4, 0.5) is 5.69 Å². The van der Waals surface area contributed by atoms with E-state index in [4.69, 9.17) is 11.6 Å². The van der Waals surface area contributed by atoms with E-state index < -0.39 is 20.6 Å². The molecule has 0 aromatic heterocycles. The fourth-order valence-corrected chi connectivity index (χ4v) is 4.20. The molecular weight excluding hydrogens is 330 g/mol. The second-order valence-electron chi connectivity index (χ2n) is 5.39. The Kier molecular flexibility index (Phi) is 5.38. The van der Waals surface area contributed by atoms with Gasteiger partial charge in [0.05, 0.1) is 4.92 Å². The zero-order chi connectivity index (χ0) is 16.3. The van der Waals surface area contributed by atoms with E-state index in [-0.39, 0.29) is 21.9 Å². The summed E-state index contributed by atoms with van der Waals surface area (Å²) in [6, 6.07) is 3.22. The number of nitro benzene ring substituents is 1. The zero-order valence-corrected chi connectivity index (χ0v) is 13.7. The Balaban J connectivity index is 2.25. The highest BCUT2D eigenvalue weighted by Crippen LogP contribution is 2.27. The van der Waals surface area contributed by atoms with Gasteiger partial charge in [-0.25, -0.2) is 13.1 Å². The smallest absolute Gasteiger partial charge is 0.290 e. The van der Waals surface area contributed by atoms with Crippen molar-refractivity contribution in [2.45, 2.75) is 30.7 Å². The topological polar surface area (TPSA) is 101 Å². The number of rotatable bonds is 5. The molecule has 22 heavy (non-hydrogen) atoms. The van der Waals surface area contributed by atoms with Gasteiger partial charge in [0.25, 0.3) is 5.69 Å². The number of sulfonamides is 1. The molecule has 2 N–H and O–H groups in total. The predicted octanol–water partition coefficient (Wildman–Crippen LogP) is 1.91. The lowest BCUT2D eigenvalue weighted by Gasteiger charge is -2.28. The third-order valence-electron chi connectivity index (χ3n) is 3.79. The molecule has 1 aromatic rings. The molecule has 1 aliphatic heterocycles. The quantitative estimate of drug-likeness (QED) is 0.626. The van der Waals surface area contributed by atoms with Crippen LogP contribution < -0.4 is 10.0 Å². The minimum absolute atomic E-state index is 0.121. The van der Waals surface area contributed by atoms with Crippen LogP contribution in [-0.2, 0) is 10.0 Å². The normalized spacial score (nSPS) is 20.5. The van der Waals surface area contributed by atoms with Gasteiger partial charge in [-0.3, -0.25) is 10.1 Å². The summed E-state index contributed by atoms with van der Waals surface area (Å²) >= 11 is 5.71. The predicted molar refractivity (Wildman–Crippen MR) is 83.5 cm³/mol. The molecule has 1 saturated heterocycles. The van der Waals surface area contributed by atoms with E-state index in [0.717, 1.165) is 38.1 Å². The van der Waals surface area contributed by atoms with E-state index in [1.54, 1.807) is 6.92 Å². The monoisotopic (exact) mass is 347 g/mol. The van der Waals surface area contributed by atoms with Gasteiger partial charge in [0.15, 0.2) is 4.90 Å². The summed E-state index contributed by atoms with van der Waals surface area (Å²) in [4.78, 5) is 9.95. The lowest BCUT2D eigenvalue weighted by atomic mass is 9.94. The van der Waals surface area contributed by atoms with Crippen LogP contribution in [-0.4, -0.2) is 32.5 Å². The maximum absolute atomic E-state index is 12.4. The van der Waals surface area contributed by atoms with Crippen molar-refractivity contribution < 1.29 is 13.3 Å². The van der Waals surface area contributed by atoms with Gasteiger partial charge < -0.3 is 5.32 Å². The van der Waals surface area contributed by atoms with Gasteiger partial charge in [-0.1, -0.05) is 11.6 Å². The van der Waals surface area contributed by atoms with Crippen molar-refractivity contribution in [1.82, 2.24) is 10.0 Å². The Morgan fingerprint density at radius 2 is 2.23 bits per heavy atom. The van der Waals surface area contributed by atoms with Crippen LogP contribution in [0.1, 0.15) is 19.8 Å². The van der Waals surface area contributed by atoms with E-state index in [0.29, 0.717) is 0 Å². The minimum atomic E-state index is -3.98. The van der Waals surface area contributed by atoms with Crippen LogP contribution in [0.3, 0.4) is 0 Å². The Bertz CT molecular complexity index is 659. The van der Waals surface area contributed by atoms with E-state index in [1.165, 1.54) is 6.07 Å². The molecule has 1 aliphatic rings. The lowest BCUT2D eigenvalue weighted by molar-refractivity contribution is -0.387. The number of nitrogens with one attached hydrogen (secondary N) is 2. The molecule has 0 spiro atoms. The van der Waals surface area contributed by atoms with Crippen LogP contribution >= 0.6 is 11.6 Å². The molecular formula is C13H18ClN3O4S. The summed E-state index contributed by atoms with van der Waals surface area (Å²) in [5.74, 6) is 0.162. The number of nitro groups is 1. The largest absolute Gasteiger partial charge is 0.316 e. The van der Waals surface area contributed by atoms with E-state index in [1.807, 2.05) is 0 Å². The molecule has 0 bridgehead atoms. The summed E-state index contributed by atoms with van der Waals surface area (Å²) in [6.45, 7) is 3.43. The summed E-state index contributed by atoms with van der Waals surface area (Å²) < 4.78 is 27.4. The molecule has 1 fully saturated rings. The average molecular weight is 348 g/mol. The molecule has 122 valence electrons. The molecule has 1 aromatic carbocycles. The molecule has 1 heterocycles. The van der Waals surface area contributed by atoms with Crippen molar-refractivity contribution >= 4 is 27.3 Å². The molecule has 0 saturated carbocycles. The molecule has 0 radical (unpaired) electrons. The van der Waals surface area contributed by atoms with Gasteiger partial charge in [0, 0.05) is 17.1 Å². The van der Waals surface area contributed by atoms with Crippen LogP contribution in [0.25, 0.3) is 0 Å². The van der Waals surface area contributed by atoms with Crippen LogP contribution in [0.5, 0.6) is 0 Å². The molecule has 0 aliphatic carbocycles. The van der Waals surface area contributed by atoms with Gasteiger partial charge in [0.2, 0.25) is 10.0 Å². The maximum Gasteiger partial charge on any atom is 0.290 e. The number of hydrogen-bond acceptors (Lipinski definition) is 5. The van der Waals surface area contributed by atoms with Crippen LogP contribution in [0.2, 0.25) is 5.02 Å². The number of hydrogen-bond donors (Lipinski definition) is 2. The van der Waals surface area contributed by atoms with Crippen LogP contribution in [0.15, 0.2) is 23.1 Å². The maximum atomic E-state index is 12.4. The van der Waals surface area contributed by atoms with E-state index >= 15 is 0 Å². The Morgan fingerprint density at radius 1 is 1.50 bits per heavy atom. The first-order valence-corrected chi connectivity index (χ1v) is 8.84. The van der Waals surface area contributed by atoms with Crippen LogP contribution in [0, 0.1) is 16.0 Å². The first-order valence-electron chi connectivity index (χ1n) is 6.98. The van der Waals surface area contributed by atoms with Crippen molar-refractivity contribution in [3.05, 3.63) is 33.3 Å². The Morgan fingerprint density at radius 3 is 2.82 bits per heavy atom. The second kappa shape index (κ2) is 6.91. The Labute approximate surface area is 134 Å². The van der Waals surface area contributed by atoms with Gasteiger partial charge in [-0.2, -0.15) is 0 Å². The van der Waals surface area contributed by atoms with Crippen molar-refractivity contribution in [3.63, 3.8) is 0 Å². The molecule has 2 rings (SSSR count). The third kappa shape index (κ3) is 3.95. The third-order valence-corrected chi connectivity index (χ3v) is 5.63. The van der Waals surface area contributed by atoms with Gasteiger partial charge in [-0.05, 0) is 50.9 Å². The van der Waals surface area contributed by atoms with E-state index in [9.17, 15) is 18.5 Å². The number of halogens is 1. The summed E-state index contributed by atoms with van der Waals surface area (Å²) in [7, 11) is -3.98. The molecule has 2 atom stereocenters. The minimum Gasteiger partial charge on any atom is -0.316 e. The van der Waals surface area contributed by atoms with Gasteiger partial charge in [0.1, 0.15) is 0 Å².